The molecule has 0 saturated carbocycles. The Kier molecular flexibility index (Phi) is 4.22. The Morgan fingerprint density at radius 2 is 1.78 bits per heavy atom. The van der Waals surface area contributed by atoms with Crippen molar-refractivity contribution in [1.82, 2.24) is 9.97 Å². The molecule has 2 aromatic rings. The Labute approximate surface area is 112 Å². The number of benzene rings is 1. The maximum atomic E-state index is 5.71. The molecule has 0 aliphatic rings. The fraction of sp³-hybridized carbons (Fsp3) is 0.286. The van der Waals surface area contributed by atoms with E-state index < -0.39 is 18.4 Å². The van der Waals surface area contributed by atoms with E-state index in [1.54, 1.807) is 6.33 Å². The van der Waals surface area contributed by atoms with Gasteiger partial charge in [-0.3, -0.25) is 0 Å². The predicted octanol–water partition coefficient (Wildman–Crippen LogP) is 2.60. The average Bonchev–Trinajstić information content (AvgIpc) is 2.37. The van der Waals surface area contributed by atoms with Gasteiger partial charge in [-0.15, -0.1) is 0 Å². The zero-order valence-electron chi connectivity index (χ0n) is 11.1. The molecule has 0 aliphatic heterocycles. The van der Waals surface area contributed by atoms with Crippen molar-refractivity contribution < 1.29 is 4.74 Å². The number of aromatic nitrogens is 2. The van der Waals surface area contributed by atoms with E-state index in [-0.39, 0.29) is 0 Å². The van der Waals surface area contributed by atoms with Crippen LogP contribution < -0.4 is 8.45 Å². The van der Waals surface area contributed by atoms with Crippen LogP contribution in [0.25, 0.3) is 0 Å². The molecule has 94 valence electrons. The zero-order chi connectivity index (χ0) is 13.0. The van der Waals surface area contributed by atoms with Gasteiger partial charge in [-0.2, -0.15) is 0 Å². The monoisotopic (exact) mass is 350 g/mol. The second-order valence-corrected chi connectivity index (χ2v) is 19.6. The molecule has 0 radical (unpaired) electrons. The Balaban J connectivity index is 2.06. The van der Waals surface area contributed by atoms with E-state index in [2.05, 4.69) is 24.8 Å². The molecule has 1 heterocycles. The van der Waals surface area contributed by atoms with Gasteiger partial charge >= 0.3 is 112 Å². The third kappa shape index (κ3) is 3.70. The molecule has 0 unspecified atom stereocenters. The van der Waals surface area contributed by atoms with Gasteiger partial charge in [-0.25, -0.2) is 0 Å². The molecular formula is C14H18N2OSn. The van der Waals surface area contributed by atoms with Crippen LogP contribution in [0.3, 0.4) is 0 Å². The molecule has 0 bridgehead atoms. The molecule has 0 spiro atoms. The molecule has 0 amide bonds. The van der Waals surface area contributed by atoms with Crippen LogP contribution in [0.1, 0.15) is 5.56 Å². The van der Waals surface area contributed by atoms with Crippen LogP contribution in [-0.4, -0.2) is 28.3 Å². The second kappa shape index (κ2) is 5.69. The van der Waals surface area contributed by atoms with Crippen LogP contribution in [0.15, 0.2) is 42.7 Å². The molecule has 4 heteroatoms. The number of hydrogen-bond acceptors (Lipinski definition) is 3. The minimum absolute atomic E-state index is 0.553. The third-order valence-corrected chi connectivity index (χ3v) is 7.81. The summed E-state index contributed by atoms with van der Waals surface area (Å²) in [6.45, 7) is 0.553. The minimum atomic E-state index is -2.13. The molecule has 1 aromatic heterocycles. The normalized spacial score (nSPS) is 11.3. The topological polar surface area (TPSA) is 35.0 Å². The van der Waals surface area contributed by atoms with E-state index >= 15 is 0 Å². The average molecular weight is 349 g/mol. The van der Waals surface area contributed by atoms with E-state index in [1.165, 1.54) is 3.71 Å². The van der Waals surface area contributed by atoms with Crippen molar-refractivity contribution in [3.63, 3.8) is 0 Å². The summed E-state index contributed by atoms with van der Waals surface area (Å²) in [4.78, 5) is 15.5. The Bertz CT molecular complexity index is 509. The first-order chi connectivity index (χ1) is 8.55. The van der Waals surface area contributed by atoms with Crippen molar-refractivity contribution in [2.75, 3.05) is 0 Å². The molecular weight excluding hydrogens is 331 g/mol. The summed E-state index contributed by atoms with van der Waals surface area (Å²) in [6, 6.07) is 12.1. The standard InChI is InChI=1S/C11H9N2O.3CH3.Sn/c1-2-4-10(5-3-1)8-14-11-6-7-12-9-13-11;;;;/h1-6,9H,8H2;3*1H3;. The van der Waals surface area contributed by atoms with Gasteiger partial charge in [-0.05, 0) is 0 Å². The third-order valence-electron chi connectivity index (χ3n) is 2.64. The van der Waals surface area contributed by atoms with E-state index in [0.717, 1.165) is 5.56 Å². The second-order valence-electron chi connectivity index (χ2n) is 5.27. The van der Waals surface area contributed by atoms with Gasteiger partial charge < -0.3 is 0 Å². The van der Waals surface area contributed by atoms with Gasteiger partial charge in [-0.1, -0.05) is 0 Å². The van der Waals surface area contributed by atoms with Crippen LogP contribution in [0.4, 0.5) is 0 Å². The number of rotatable bonds is 4. The quantitative estimate of drug-likeness (QED) is 0.796. The summed E-state index contributed by atoms with van der Waals surface area (Å²) >= 11 is -2.13. The fourth-order valence-electron chi connectivity index (χ4n) is 1.56. The molecule has 18 heavy (non-hydrogen) atoms. The summed E-state index contributed by atoms with van der Waals surface area (Å²) in [7, 11) is 0. The molecule has 2 rings (SSSR count). The molecule has 3 nitrogen and oxygen atoms in total. The van der Waals surface area contributed by atoms with Crippen LogP contribution in [-0.2, 0) is 6.61 Å². The van der Waals surface area contributed by atoms with Gasteiger partial charge in [0.15, 0.2) is 0 Å². The Morgan fingerprint density at radius 1 is 1.06 bits per heavy atom. The predicted molar refractivity (Wildman–Crippen MR) is 75.8 cm³/mol. The first-order valence-electron chi connectivity index (χ1n) is 6.05. The number of nitrogens with zero attached hydrogens (tertiary/aromatic N) is 2. The fourth-order valence-corrected chi connectivity index (χ4v) is 4.42. The van der Waals surface area contributed by atoms with Crippen LogP contribution >= 0.6 is 0 Å². The first kappa shape index (κ1) is 13.3. The summed E-state index contributed by atoms with van der Waals surface area (Å²) in [5.41, 5.74) is 1.15. The van der Waals surface area contributed by atoms with Crippen LogP contribution in [0.5, 0.6) is 5.88 Å². The van der Waals surface area contributed by atoms with E-state index in [1.807, 2.05) is 36.4 Å². The molecule has 0 atom stereocenters. The summed E-state index contributed by atoms with van der Waals surface area (Å²) in [6.07, 6.45) is 1.61. The molecule has 0 saturated heterocycles. The summed E-state index contributed by atoms with van der Waals surface area (Å²) in [5, 5.41) is 0. The van der Waals surface area contributed by atoms with Gasteiger partial charge in [0.25, 0.3) is 0 Å². The van der Waals surface area contributed by atoms with Crippen molar-refractivity contribution in [3.05, 3.63) is 48.3 Å². The summed E-state index contributed by atoms with van der Waals surface area (Å²) in [5.74, 6) is 0.676. The molecule has 0 N–H and O–H groups in total. The van der Waals surface area contributed by atoms with Crippen molar-refractivity contribution >= 4 is 22.1 Å². The van der Waals surface area contributed by atoms with E-state index in [0.29, 0.717) is 12.5 Å². The Morgan fingerprint density at radius 3 is 2.44 bits per heavy atom. The SMILES string of the molecule is [CH3][Sn]([CH3])([CH3])[c]1cc(OCc2ccccc2)ncn1. The van der Waals surface area contributed by atoms with Crippen molar-refractivity contribution in [1.29, 1.82) is 0 Å². The molecule has 0 aliphatic carbocycles. The number of ether oxygens (including phenoxy) is 1. The van der Waals surface area contributed by atoms with Gasteiger partial charge in [0, 0.05) is 0 Å². The molecule has 1 aromatic carbocycles. The van der Waals surface area contributed by atoms with Crippen LogP contribution in [0.2, 0.25) is 14.8 Å². The van der Waals surface area contributed by atoms with E-state index in [9.17, 15) is 0 Å². The Hall–Kier alpha value is -1.10. The number of hydrogen-bond donors (Lipinski definition) is 0. The first-order valence-corrected chi connectivity index (χ1v) is 16.0. The molecule has 0 fully saturated rings. The van der Waals surface area contributed by atoms with Gasteiger partial charge in [0.05, 0.1) is 0 Å². The summed E-state index contributed by atoms with van der Waals surface area (Å²) < 4.78 is 6.91. The maximum absolute atomic E-state index is 5.71. The van der Waals surface area contributed by atoms with Gasteiger partial charge in [0.1, 0.15) is 0 Å². The van der Waals surface area contributed by atoms with Crippen molar-refractivity contribution in [2.45, 2.75) is 21.4 Å². The van der Waals surface area contributed by atoms with E-state index in [4.69, 9.17) is 4.74 Å². The van der Waals surface area contributed by atoms with Crippen LogP contribution in [0, 0.1) is 0 Å². The van der Waals surface area contributed by atoms with Gasteiger partial charge in [0.2, 0.25) is 0 Å². The zero-order valence-corrected chi connectivity index (χ0v) is 13.9. The van der Waals surface area contributed by atoms with Crippen molar-refractivity contribution in [3.8, 4) is 5.88 Å². The van der Waals surface area contributed by atoms with Crippen molar-refractivity contribution in [2.24, 2.45) is 0 Å².